The minimum atomic E-state index is -0.234. The number of carbonyl (C=O) groups is 1. The van der Waals surface area contributed by atoms with Gasteiger partial charge in [-0.25, -0.2) is 0 Å². The Morgan fingerprint density at radius 1 is 1.53 bits per heavy atom. The van der Waals surface area contributed by atoms with Gasteiger partial charge in [0.2, 0.25) is 5.91 Å². The van der Waals surface area contributed by atoms with Gasteiger partial charge in [0.05, 0.1) is 12.0 Å². The molecule has 0 aromatic carbocycles. The standard InChI is InChI=1S/C11H17N5O/c1-11(2-3-12-7-11)10(17)15-4-5-16-8-13-14-9(16)6-15/h8,12H,2-7H2,1H3. The van der Waals surface area contributed by atoms with Crippen LogP contribution in [0.5, 0.6) is 0 Å². The second-order valence-corrected chi connectivity index (χ2v) is 5.15. The third kappa shape index (κ3) is 1.72. The summed E-state index contributed by atoms with van der Waals surface area (Å²) in [6, 6.07) is 0. The monoisotopic (exact) mass is 235 g/mol. The Kier molecular flexibility index (Phi) is 2.39. The van der Waals surface area contributed by atoms with E-state index < -0.39 is 0 Å². The number of carbonyl (C=O) groups excluding carboxylic acids is 1. The van der Waals surface area contributed by atoms with Crippen LogP contribution in [-0.2, 0) is 17.9 Å². The van der Waals surface area contributed by atoms with Crippen molar-refractivity contribution in [3.05, 3.63) is 12.2 Å². The van der Waals surface area contributed by atoms with Crippen LogP contribution in [0, 0.1) is 5.41 Å². The van der Waals surface area contributed by atoms with Gasteiger partial charge >= 0.3 is 0 Å². The minimum absolute atomic E-state index is 0.234. The van der Waals surface area contributed by atoms with E-state index >= 15 is 0 Å². The van der Waals surface area contributed by atoms with Crippen molar-refractivity contribution >= 4 is 5.91 Å². The van der Waals surface area contributed by atoms with E-state index in [1.165, 1.54) is 0 Å². The Balaban J connectivity index is 1.76. The third-order valence-corrected chi connectivity index (χ3v) is 3.81. The maximum Gasteiger partial charge on any atom is 0.230 e. The normalized spacial score (nSPS) is 28.2. The lowest BCUT2D eigenvalue weighted by Gasteiger charge is -2.33. The average Bonchev–Trinajstić information content (AvgIpc) is 2.96. The molecule has 17 heavy (non-hydrogen) atoms. The molecule has 0 bridgehead atoms. The van der Waals surface area contributed by atoms with Crippen molar-refractivity contribution in [1.29, 1.82) is 0 Å². The summed E-state index contributed by atoms with van der Waals surface area (Å²) in [5, 5.41) is 11.2. The van der Waals surface area contributed by atoms with E-state index in [0.29, 0.717) is 6.54 Å². The number of nitrogens with one attached hydrogen (secondary N) is 1. The number of hydrogen-bond donors (Lipinski definition) is 1. The molecule has 6 heteroatoms. The number of aromatic nitrogens is 3. The van der Waals surface area contributed by atoms with E-state index in [2.05, 4.69) is 22.4 Å². The van der Waals surface area contributed by atoms with E-state index in [1.54, 1.807) is 6.33 Å². The van der Waals surface area contributed by atoms with Crippen molar-refractivity contribution < 1.29 is 4.79 Å². The second-order valence-electron chi connectivity index (χ2n) is 5.15. The predicted octanol–water partition coefficient (Wildman–Crippen LogP) is -0.380. The summed E-state index contributed by atoms with van der Waals surface area (Å²) in [6.07, 6.45) is 2.66. The Labute approximate surface area is 100 Å². The number of rotatable bonds is 1. The molecular formula is C11H17N5O. The van der Waals surface area contributed by atoms with Crippen LogP contribution in [0.2, 0.25) is 0 Å². The van der Waals surface area contributed by atoms with Crippen LogP contribution in [0.1, 0.15) is 19.2 Å². The highest BCUT2D eigenvalue weighted by molar-refractivity contribution is 5.83. The minimum Gasteiger partial charge on any atom is -0.333 e. The van der Waals surface area contributed by atoms with Crippen LogP contribution in [0.15, 0.2) is 6.33 Å². The fraction of sp³-hybridized carbons (Fsp3) is 0.727. The molecule has 1 atom stereocenters. The first kappa shape index (κ1) is 10.7. The summed E-state index contributed by atoms with van der Waals surface area (Å²) >= 11 is 0. The van der Waals surface area contributed by atoms with E-state index in [9.17, 15) is 4.79 Å². The molecule has 1 unspecified atom stereocenters. The smallest absolute Gasteiger partial charge is 0.230 e. The van der Waals surface area contributed by atoms with Crippen molar-refractivity contribution in [3.63, 3.8) is 0 Å². The quantitative estimate of drug-likeness (QED) is 0.720. The first-order valence-corrected chi connectivity index (χ1v) is 6.06. The van der Waals surface area contributed by atoms with E-state index in [-0.39, 0.29) is 11.3 Å². The molecule has 2 aliphatic rings. The Bertz CT molecular complexity index is 435. The molecule has 1 saturated heterocycles. The molecule has 0 aliphatic carbocycles. The van der Waals surface area contributed by atoms with Crippen LogP contribution in [0.3, 0.4) is 0 Å². The number of hydrogen-bond acceptors (Lipinski definition) is 4. The van der Waals surface area contributed by atoms with Gasteiger partial charge < -0.3 is 14.8 Å². The van der Waals surface area contributed by atoms with Gasteiger partial charge in [0.25, 0.3) is 0 Å². The fourth-order valence-electron chi connectivity index (χ4n) is 2.62. The molecule has 3 rings (SSSR count). The van der Waals surface area contributed by atoms with Gasteiger partial charge in [0.15, 0.2) is 5.82 Å². The molecule has 0 spiro atoms. The summed E-state index contributed by atoms with van der Waals surface area (Å²) in [5.74, 6) is 1.14. The van der Waals surface area contributed by atoms with Crippen molar-refractivity contribution in [2.45, 2.75) is 26.4 Å². The lowest BCUT2D eigenvalue weighted by Crippen LogP contribution is -2.46. The SMILES string of the molecule is CC1(C(=O)N2CCn3cnnc3C2)CCNC1. The van der Waals surface area contributed by atoms with Gasteiger partial charge in [-0.05, 0) is 19.9 Å². The van der Waals surface area contributed by atoms with Gasteiger partial charge in [-0.15, -0.1) is 10.2 Å². The van der Waals surface area contributed by atoms with Crippen LogP contribution >= 0.6 is 0 Å². The summed E-state index contributed by atoms with van der Waals surface area (Å²) < 4.78 is 2.01. The molecule has 1 aromatic heterocycles. The highest BCUT2D eigenvalue weighted by Crippen LogP contribution is 2.28. The maximum atomic E-state index is 12.5. The number of nitrogens with zero attached hydrogens (tertiary/aromatic N) is 4. The summed E-state index contributed by atoms with van der Waals surface area (Å²) in [5.41, 5.74) is -0.234. The third-order valence-electron chi connectivity index (χ3n) is 3.81. The predicted molar refractivity (Wildman–Crippen MR) is 61.0 cm³/mol. The second kappa shape index (κ2) is 3.80. The van der Waals surface area contributed by atoms with Crippen LogP contribution < -0.4 is 5.32 Å². The van der Waals surface area contributed by atoms with Crippen molar-refractivity contribution in [2.75, 3.05) is 19.6 Å². The topological polar surface area (TPSA) is 63.1 Å². The zero-order valence-corrected chi connectivity index (χ0v) is 10.0. The highest BCUT2D eigenvalue weighted by atomic mass is 16.2. The Hall–Kier alpha value is -1.43. The average molecular weight is 235 g/mol. The Morgan fingerprint density at radius 3 is 3.18 bits per heavy atom. The summed E-state index contributed by atoms with van der Waals surface area (Å²) in [6.45, 7) is 5.93. The van der Waals surface area contributed by atoms with Crippen LogP contribution in [-0.4, -0.2) is 45.2 Å². The molecule has 6 nitrogen and oxygen atoms in total. The summed E-state index contributed by atoms with van der Waals surface area (Å²) in [7, 11) is 0. The zero-order chi connectivity index (χ0) is 11.9. The van der Waals surface area contributed by atoms with Gasteiger partial charge in [-0.2, -0.15) is 0 Å². The zero-order valence-electron chi connectivity index (χ0n) is 10.0. The van der Waals surface area contributed by atoms with Crippen LogP contribution in [0.4, 0.5) is 0 Å². The van der Waals surface area contributed by atoms with Gasteiger partial charge in [-0.3, -0.25) is 4.79 Å². The molecule has 1 aromatic rings. The number of fused-ring (bicyclic) bond motifs is 1. The van der Waals surface area contributed by atoms with Crippen molar-refractivity contribution in [2.24, 2.45) is 5.41 Å². The molecule has 1 N–H and O–H groups in total. The van der Waals surface area contributed by atoms with Gasteiger partial charge in [0, 0.05) is 19.6 Å². The molecule has 1 amide bonds. The largest absolute Gasteiger partial charge is 0.333 e. The van der Waals surface area contributed by atoms with E-state index in [0.717, 1.165) is 38.4 Å². The highest BCUT2D eigenvalue weighted by Gasteiger charge is 2.40. The molecule has 0 radical (unpaired) electrons. The lowest BCUT2D eigenvalue weighted by molar-refractivity contribution is -0.141. The first-order chi connectivity index (χ1) is 8.19. The molecule has 0 saturated carbocycles. The molecule has 1 fully saturated rings. The van der Waals surface area contributed by atoms with Crippen molar-refractivity contribution in [3.8, 4) is 0 Å². The van der Waals surface area contributed by atoms with Gasteiger partial charge in [0.1, 0.15) is 6.33 Å². The molecular weight excluding hydrogens is 218 g/mol. The van der Waals surface area contributed by atoms with E-state index in [4.69, 9.17) is 0 Å². The lowest BCUT2D eigenvalue weighted by atomic mass is 9.88. The van der Waals surface area contributed by atoms with Crippen molar-refractivity contribution in [1.82, 2.24) is 25.0 Å². The fourth-order valence-corrected chi connectivity index (χ4v) is 2.62. The first-order valence-electron chi connectivity index (χ1n) is 6.06. The molecule has 92 valence electrons. The van der Waals surface area contributed by atoms with Gasteiger partial charge in [-0.1, -0.05) is 0 Å². The maximum absolute atomic E-state index is 12.5. The van der Waals surface area contributed by atoms with E-state index in [1.807, 2.05) is 9.47 Å². The Morgan fingerprint density at radius 2 is 2.41 bits per heavy atom. The van der Waals surface area contributed by atoms with Crippen LogP contribution in [0.25, 0.3) is 0 Å². The molecule has 3 heterocycles. The number of amides is 1. The molecule has 2 aliphatic heterocycles. The summed E-state index contributed by atoms with van der Waals surface area (Å²) in [4.78, 5) is 14.4.